The van der Waals surface area contributed by atoms with Gasteiger partial charge in [0.15, 0.2) is 0 Å². The predicted molar refractivity (Wildman–Crippen MR) is 123 cm³/mol. The molecule has 0 unspecified atom stereocenters. The SMILES string of the molecule is N#CC1(NC(=O)[C@H](CC(F)(F)F)N[C@@H](c2ccc(-c3ccc(C4(C(=O)O)CC4)cc3)cc2)C(F)(F)F)CC1. The summed E-state index contributed by atoms with van der Waals surface area (Å²) in [4.78, 5) is 24.0. The van der Waals surface area contributed by atoms with Gasteiger partial charge < -0.3 is 10.4 Å². The number of nitriles is 1. The number of hydrogen-bond acceptors (Lipinski definition) is 4. The number of aliphatic carboxylic acids is 1. The number of hydrogen-bond donors (Lipinski definition) is 3. The van der Waals surface area contributed by atoms with Crippen LogP contribution in [0.2, 0.25) is 0 Å². The number of alkyl halides is 6. The number of nitrogens with one attached hydrogen (secondary N) is 2. The second-order valence-electron chi connectivity index (χ2n) is 9.78. The van der Waals surface area contributed by atoms with E-state index in [1.54, 1.807) is 30.3 Å². The minimum Gasteiger partial charge on any atom is -0.481 e. The predicted octanol–water partition coefficient (Wildman–Crippen LogP) is 5.16. The van der Waals surface area contributed by atoms with Crippen molar-refractivity contribution in [2.45, 2.75) is 67.5 Å². The first kappa shape index (κ1) is 27.4. The number of halogens is 6. The third-order valence-electron chi connectivity index (χ3n) is 6.95. The Labute approximate surface area is 213 Å². The molecule has 0 radical (unpaired) electrons. The molecule has 0 saturated heterocycles. The molecule has 12 heteroatoms. The van der Waals surface area contributed by atoms with Crippen LogP contribution in [0.3, 0.4) is 0 Å². The van der Waals surface area contributed by atoms with E-state index in [-0.39, 0.29) is 12.8 Å². The molecular weight excluding hydrogens is 516 g/mol. The second kappa shape index (κ2) is 9.62. The van der Waals surface area contributed by atoms with Gasteiger partial charge in [0.05, 0.1) is 23.9 Å². The van der Waals surface area contributed by atoms with Gasteiger partial charge in [0.2, 0.25) is 5.91 Å². The van der Waals surface area contributed by atoms with Crippen LogP contribution in [0.25, 0.3) is 11.1 Å². The zero-order valence-corrected chi connectivity index (χ0v) is 19.8. The van der Waals surface area contributed by atoms with Gasteiger partial charge in [-0.25, -0.2) is 0 Å². The van der Waals surface area contributed by atoms with Crippen LogP contribution >= 0.6 is 0 Å². The number of carbonyl (C=O) groups excluding carboxylic acids is 1. The number of carboxylic acid groups (broad SMARTS) is 1. The van der Waals surface area contributed by atoms with E-state index in [2.05, 4.69) is 5.32 Å². The summed E-state index contributed by atoms with van der Waals surface area (Å²) in [6.45, 7) is 0. The molecule has 6 nitrogen and oxygen atoms in total. The zero-order chi connectivity index (χ0) is 27.9. The molecule has 2 aromatic rings. The smallest absolute Gasteiger partial charge is 0.407 e. The summed E-state index contributed by atoms with van der Waals surface area (Å²) in [5.74, 6) is -2.25. The molecule has 2 aromatic carbocycles. The van der Waals surface area contributed by atoms with Crippen LogP contribution in [0.15, 0.2) is 48.5 Å². The van der Waals surface area contributed by atoms with Crippen molar-refractivity contribution in [2.24, 2.45) is 0 Å². The molecule has 3 N–H and O–H groups in total. The van der Waals surface area contributed by atoms with Crippen molar-refractivity contribution in [1.29, 1.82) is 5.26 Å². The van der Waals surface area contributed by atoms with Crippen LogP contribution in [-0.4, -0.2) is 40.9 Å². The van der Waals surface area contributed by atoms with E-state index in [0.29, 0.717) is 29.5 Å². The minimum absolute atomic E-state index is 0.205. The Hall–Kier alpha value is -3.59. The maximum absolute atomic E-state index is 14.0. The molecule has 0 spiro atoms. The largest absolute Gasteiger partial charge is 0.481 e. The average molecular weight is 539 g/mol. The highest BCUT2D eigenvalue weighted by molar-refractivity contribution is 5.85. The van der Waals surface area contributed by atoms with Gasteiger partial charge in [-0.05, 0) is 47.9 Å². The van der Waals surface area contributed by atoms with Gasteiger partial charge in [-0.2, -0.15) is 31.6 Å². The Morgan fingerprint density at radius 1 is 0.921 bits per heavy atom. The first-order valence-electron chi connectivity index (χ1n) is 11.8. The standard InChI is InChI=1S/C26H23F6N3O3/c27-25(28,29)13-19(21(36)35-23(14-33)9-10-23)34-20(26(30,31)32)17-3-1-15(2-4-17)16-5-7-18(8-6-16)24(11-12-24)22(37)38/h1-8,19-20,34H,9-13H2,(H,35,36)(H,37,38)/t19-,20-/m0/s1. The van der Waals surface area contributed by atoms with Gasteiger partial charge in [-0.3, -0.25) is 14.9 Å². The molecule has 0 bridgehead atoms. The third kappa shape index (κ3) is 5.93. The van der Waals surface area contributed by atoms with Crippen LogP contribution < -0.4 is 10.6 Å². The van der Waals surface area contributed by atoms with E-state index in [1.807, 2.05) is 5.32 Å². The lowest BCUT2D eigenvalue weighted by Gasteiger charge is -2.28. The van der Waals surface area contributed by atoms with E-state index in [9.17, 15) is 41.0 Å². The van der Waals surface area contributed by atoms with Crippen LogP contribution in [0.4, 0.5) is 26.3 Å². The number of benzene rings is 2. The fourth-order valence-electron chi connectivity index (χ4n) is 4.35. The fourth-order valence-corrected chi connectivity index (χ4v) is 4.35. The van der Waals surface area contributed by atoms with E-state index in [0.717, 1.165) is 12.1 Å². The van der Waals surface area contributed by atoms with Crippen LogP contribution in [0.5, 0.6) is 0 Å². The normalized spacial score (nSPS) is 19.1. The first-order valence-corrected chi connectivity index (χ1v) is 11.8. The van der Waals surface area contributed by atoms with E-state index >= 15 is 0 Å². The van der Waals surface area contributed by atoms with Crippen LogP contribution in [-0.2, 0) is 15.0 Å². The summed E-state index contributed by atoms with van der Waals surface area (Å²) >= 11 is 0. The summed E-state index contributed by atoms with van der Waals surface area (Å²) in [7, 11) is 0. The van der Waals surface area contributed by atoms with E-state index < -0.39 is 59.3 Å². The lowest BCUT2D eigenvalue weighted by molar-refractivity contribution is -0.171. The molecule has 202 valence electrons. The fraction of sp³-hybridized carbons (Fsp3) is 0.423. The lowest BCUT2D eigenvalue weighted by atomic mass is 9.93. The summed E-state index contributed by atoms with van der Waals surface area (Å²) < 4.78 is 81.3. The van der Waals surface area contributed by atoms with Crippen molar-refractivity contribution in [1.82, 2.24) is 10.6 Å². The Balaban J connectivity index is 1.55. The number of amides is 1. The third-order valence-corrected chi connectivity index (χ3v) is 6.95. The first-order chi connectivity index (χ1) is 17.7. The quantitative estimate of drug-likeness (QED) is 0.383. The molecule has 0 aromatic heterocycles. The maximum Gasteiger partial charge on any atom is 0.407 e. The van der Waals surface area contributed by atoms with E-state index in [1.165, 1.54) is 12.1 Å². The lowest BCUT2D eigenvalue weighted by Crippen LogP contribution is -2.53. The summed E-state index contributed by atoms with van der Waals surface area (Å²) in [5.41, 5.74) is -0.905. The molecular formula is C26H23F6N3O3. The molecule has 2 fully saturated rings. The van der Waals surface area contributed by atoms with Gasteiger partial charge in [0, 0.05) is 0 Å². The summed E-state index contributed by atoms with van der Waals surface area (Å²) in [6, 6.07) is 8.45. The Morgan fingerprint density at radius 3 is 1.84 bits per heavy atom. The number of nitrogens with zero attached hydrogens (tertiary/aromatic N) is 1. The maximum atomic E-state index is 14.0. The average Bonchev–Trinajstić information content (AvgIpc) is 3.76. The van der Waals surface area contributed by atoms with Crippen molar-refractivity contribution in [3.8, 4) is 17.2 Å². The van der Waals surface area contributed by atoms with Gasteiger partial charge >= 0.3 is 18.3 Å². The summed E-state index contributed by atoms with van der Waals surface area (Å²) in [6.07, 6.45) is -10.4. The Bertz CT molecular complexity index is 1240. The second-order valence-corrected chi connectivity index (χ2v) is 9.78. The number of carbonyl (C=O) groups is 2. The molecule has 38 heavy (non-hydrogen) atoms. The highest BCUT2D eigenvalue weighted by Gasteiger charge is 2.52. The molecule has 1 amide bonds. The monoisotopic (exact) mass is 539 g/mol. The van der Waals surface area contributed by atoms with Crippen LogP contribution in [0.1, 0.15) is 49.3 Å². The van der Waals surface area contributed by atoms with Gasteiger partial charge in [0.1, 0.15) is 11.6 Å². The van der Waals surface area contributed by atoms with Crippen molar-refractivity contribution < 1.29 is 41.0 Å². The molecule has 2 aliphatic carbocycles. The van der Waals surface area contributed by atoms with Crippen molar-refractivity contribution >= 4 is 11.9 Å². The highest BCUT2D eigenvalue weighted by atomic mass is 19.4. The Morgan fingerprint density at radius 2 is 1.45 bits per heavy atom. The highest BCUT2D eigenvalue weighted by Crippen LogP contribution is 2.48. The van der Waals surface area contributed by atoms with Gasteiger partial charge in [-0.15, -0.1) is 0 Å². The Kier molecular flexibility index (Phi) is 6.95. The zero-order valence-electron chi connectivity index (χ0n) is 19.8. The van der Waals surface area contributed by atoms with Crippen molar-refractivity contribution in [2.75, 3.05) is 0 Å². The number of rotatable bonds is 9. The topological polar surface area (TPSA) is 102 Å². The van der Waals surface area contributed by atoms with E-state index in [4.69, 9.17) is 5.26 Å². The molecule has 2 saturated carbocycles. The van der Waals surface area contributed by atoms with Crippen molar-refractivity contribution in [3.63, 3.8) is 0 Å². The van der Waals surface area contributed by atoms with Gasteiger partial charge in [0.25, 0.3) is 0 Å². The molecule has 4 rings (SSSR count). The number of carboxylic acids is 1. The minimum atomic E-state index is -5.03. The molecule has 0 aliphatic heterocycles. The van der Waals surface area contributed by atoms with Gasteiger partial charge in [-0.1, -0.05) is 48.5 Å². The summed E-state index contributed by atoms with van der Waals surface area (Å²) in [5, 5.41) is 22.5. The van der Waals surface area contributed by atoms with Crippen LogP contribution in [0, 0.1) is 11.3 Å². The van der Waals surface area contributed by atoms with Crippen molar-refractivity contribution in [3.05, 3.63) is 59.7 Å². The molecule has 2 aliphatic rings. The molecule has 2 atom stereocenters. The molecule has 0 heterocycles.